The smallest absolute Gasteiger partial charge is 0.345 e. The molecule has 104 valence electrons. The quantitative estimate of drug-likeness (QED) is 0.838. The van der Waals surface area contributed by atoms with Gasteiger partial charge in [0.1, 0.15) is 6.54 Å². The first-order valence-corrected chi connectivity index (χ1v) is 5.89. The number of aromatic nitrogens is 3. The summed E-state index contributed by atoms with van der Waals surface area (Å²) in [5.41, 5.74) is 1.11. The fourth-order valence-corrected chi connectivity index (χ4v) is 1.75. The van der Waals surface area contributed by atoms with Gasteiger partial charge < -0.3 is 5.11 Å². The number of aliphatic carboxylic acids is 1. The number of hydrogen-bond acceptors (Lipinski definition) is 4. The Morgan fingerprint density at radius 1 is 1.30 bits per heavy atom. The van der Waals surface area contributed by atoms with Gasteiger partial charge in [-0.3, -0.25) is 14.6 Å². The first-order valence-electron chi connectivity index (χ1n) is 5.89. The minimum Gasteiger partial charge on any atom is -0.480 e. The van der Waals surface area contributed by atoms with E-state index in [4.69, 9.17) is 5.11 Å². The van der Waals surface area contributed by atoms with Gasteiger partial charge in [-0.05, 0) is 31.0 Å². The second kappa shape index (κ2) is 5.12. The van der Waals surface area contributed by atoms with E-state index in [1.165, 1.54) is 0 Å². The van der Waals surface area contributed by atoms with Crippen LogP contribution in [0, 0.1) is 13.8 Å². The summed E-state index contributed by atoms with van der Waals surface area (Å²) in [6, 6.07) is 5.30. The van der Waals surface area contributed by atoms with Crippen molar-refractivity contribution in [2.24, 2.45) is 0 Å². The van der Waals surface area contributed by atoms with Gasteiger partial charge in [0.05, 0.1) is 0 Å². The Bertz CT molecular complexity index is 789. The second-order valence-electron chi connectivity index (χ2n) is 4.46. The highest BCUT2D eigenvalue weighted by atomic mass is 16.4. The van der Waals surface area contributed by atoms with E-state index in [1.54, 1.807) is 12.1 Å². The minimum absolute atomic E-state index is 0.0222. The van der Waals surface area contributed by atoms with Gasteiger partial charge in [-0.25, -0.2) is 9.48 Å². The van der Waals surface area contributed by atoms with Crippen LogP contribution in [-0.4, -0.2) is 25.8 Å². The van der Waals surface area contributed by atoms with Crippen molar-refractivity contribution in [2.75, 3.05) is 0 Å². The third-order valence-corrected chi connectivity index (χ3v) is 2.96. The number of hydrogen-bond donors (Lipinski definition) is 2. The number of carbonyl (C=O) groups is 1. The molecule has 0 amide bonds. The van der Waals surface area contributed by atoms with Crippen molar-refractivity contribution >= 4 is 5.97 Å². The molecule has 0 bridgehead atoms. The molecule has 2 aromatic rings. The van der Waals surface area contributed by atoms with Crippen molar-refractivity contribution < 1.29 is 9.90 Å². The molecule has 1 heterocycles. The van der Waals surface area contributed by atoms with Crippen LogP contribution in [0.2, 0.25) is 0 Å². The molecule has 0 unspecified atom stereocenters. The Morgan fingerprint density at radius 3 is 2.60 bits per heavy atom. The van der Waals surface area contributed by atoms with Crippen molar-refractivity contribution in [3.05, 3.63) is 50.2 Å². The van der Waals surface area contributed by atoms with Crippen molar-refractivity contribution in [2.45, 2.75) is 20.4 Å². The number of carboxylic acids is 1. The Hall–Kier alpha value is -2.70. The summed E-state index contributed by atoms with van der Waals surface area (Å²) in [6.07, 6.45) is 0. The molecular weight excluding hydrogens is 262 g/mol. The molecule has 20 heavy (non-hydrogen) atoms. The molecule has 7 nitrogen and oxygen atoms in total. The van der Waals surface area contributed by atoms with Crippen LogP contribution in [-0.2, 0) is 11.3 Å². The summed E-state index contributed by atoms with van der Waals surface area (Å²) in [5.74, 6) is -1.21. The molecule has 0 spiro atoms. The Morgan fingerprint density at radius 2 is 2.00 bits per heavy atom. The van der Waals surface area contributed by atoms with E-state index in [1.807, 2.05) is 19.9 Å². The first kappa shape index (κ1) is 13.7. The van der Waals surface area contributed by atoms with Gasteiger partial charge in [0.15, 0.2) is 5.69 Å². The lowest BCUT2D eigenvalue weighted by atomic mass is 10.0. The lowest BCUT2D eigenvalue weighted by Crippen LogP contribution is -2.35. The second-order valence-corrected chi connectivity index (χ2v) is 4.46. The molecule has 0 aliphatic heterocycles. The van der Waals surface area contributed by atoms with E-state index in [-0.39, 0.29) is 5.69 Å². The average molecular weight is 275 g/mol. The lowest BCUT2D eigenvalue weighted by Gasteiger charge is -2.06. The number of carboxylic acid groups (broad SMARTS) is 1. The molecule has 0 aliphatic rings. The molecule has 1 aromatic heterocycles. The molecule has 0 atom stereocenters. The summed E-state index contributed by atoms with van der Waals surface area (Å²) in [7, 11) is 0. The fraction of sp³-hybridized carbons (Fsp3) is 0.231. The summed E-state index contributed by atoms with van der Waals surface area (Å²) in [5, 5.41) is 12.5. The molecular formula is C13H13N3O4. The number of nitrogens with one attached hydrogen (secondary N) is 1. The highest BCUT2D eigenvalue weighted by Gasteiger charge is 2.11. The van der Waals surface area contributed by atoms with Gasteiger partial charge in [0.2, 0.25) is 0 Å². The van der Waals surface area contributed by atoms with Crippen LogP contribution >= 0.6 is 0 Å². The van der Waals surface area contributed by atoms with Crippen LogP contribution in [0.25, 0.3) is 11.3 Å². The van der Waals surface area contributed by atoms with Crippen LogP contribution < -0.4 is 11.2 Å². The summed E-state index contributed by atoms with van der Waals surface area (Å²) in [6.45, 7) is 3.22. The molecule has 0 saturated heterocycles. The molecule has 2 rings (SSSR count). The SMILES string of the molecule is Cc1ccc(-c2nn(CC(=O)O)c(=O)[nH]c2=O)cc1C. The van der Waals surface area contributed by atoms with Crippen molar-refractivity contribution in [3.63, 3.8) is 0 Å². The summed E-state index contributed by atoms with van der Waals surface area (Å²) < 4.78 is 0.717. The minimum atomic E-state index is -1.21. The van der Waals surface area contributed by atoms with Gasteiger partial charge in [0.25, 0.3) is 5.56 Å². The third kappa shape index (κ3) is 2.66. The normalized spacial score (nSPS) is 10.5. The maximum atomic E-state index is 11.8. The first-order chi connectivity index (χ1) is 9.38. The molecule has 0 fully saturated rings. The van der Waals surface area contributed by atoms with Crippen LogP contribution in [0.1, 0.15) is 11.1 Å². The van der Waals surface area contributed by atoms with E-state index in [2.05, 4.69) is 10.1 Å². The number of rotatable bonds is 3. The molecule has 1 aromatic carbocycles. The summed E-state index contributed by atoms with van der Waals surface area (Å²) >= 11 is 0. The van der Waals surface area contributed by atoms with Gasteiger partial charge in [-0.15, -0.1) is 0 Å². The Balaban J connectivity index is 2.61. The monoisotopic (exact) mass is 275 g/mol. The summed E-state index contributed by atoms with van der Waals surface area (Å²) in [4.78, 5) is 36.0. The lowest BCUT2D eigenvalue weighted by molar-refractivity contribution is -0.138. The van der Waals surface area contributed by atoms with Gasteiger partial charge in [-0.2, -0.15) is 5.10 Å². The fourth-order valence-electron chi connectivity index (χ4n) is 1.75. The van der Waals surface area contributed by atoms with Crippen LogP contribution in [0.15, 0.2) is 27.8 Å². The van der Waals surface area contributed by atoms with Crippen molar-refractivity contribution in [1.29, 1.82) is 0 Å². The van der Waals surface area contributed by atoms with E-state index in [0.717, 1.165) is 11.1 Å². The maximum absolute atomic E-state index is 11.8. The van der Waals surface area contributed by atoms with Gasteiger partial charge in [-0.1, -0.05) is 12.1 Å². The number of aromatic amines is 1. The molecule has 2 N–H and O–H groups in total. The zero-order chi connectivity index (χ0) is 14.9. The number of benzene rings is 1. The highest BCUT2D eigenvalue weighted by Crippen LogP contribution is 2.16. The van der Waals surface area contributed by atoms with Crippen LogP contribution in [0.4, 0.5) is 0 Å². The van der Waals surface area contributed by atoms with Gasteiger partial charge in [0, 0.05) is 5.56 Å². The largest absolute Gasteiger partial charge is 0.480 e. The standard InChI is InChI=1S/C13H13N3O4/c1-7-3-4-9(5-8(7)2)11-12(19)14-13(20)16(15-11)6-10(17)18/h3-5H,6H2,1-2H3,(H,17,18)(H,14,19,20). The van der Waals surface area contributed by atoms with E-state index in [0.29, 0.717) is 10.2 Å². The zero-order valence-corrected chi connectivity index (χ0v) is 11.0. The van der Waals surface area contributed by atoms with E-state index in [9.17, 15) is 14.4 Å². The number of aryl methyl sites for hydroxylation is 2. The van der Waals surface area contributed by atoms with Crippen molar-refractivity contribution in [3.8, 4) is 11.3 Å². The molecule has 0 saturated carbocycles. The Labute approximate surface area is 113 Å². The molecule has 7 heteroatoms. The molecule has 0 radical (unpaired) electrons. The number of nitrogens with zero attached hydrogens (tertiary/aromatic N) is 2. The average Bonchev–Trinajstić information content (AvgIpc) is 2.36. The van der Waals surface area contributed by atoms with Gasteiger partial charge >= 0.3 is 11.7 Å². The predicted octanol–water partition coefficient (Wildman–Crippen LogP) is 0.300. The highest BCUT2D eigenvalue weighted by molar-refractivity contribution is 5.66. The van der Waals surface area contributed by atoms with Crippen LogP contribution in [0.3, 0.4) is 0 Å². The van der Waals surface area contributed by atoms with E-state index < -0.39 is 23.8 Å². The Kier molecular flexibility index (Phi) is 3.51. The maximum Gasteiger partial charge on any atom is 0.345 e. The predicted molar refractivity (Wildman–Crippen MR) is 71.7 cm³/mol. The number of H-pyrrole nitrogens is 1. The molecule has 0 aliphatic carbocycles. The van der Waals surface area contributed by atoms with Crippen LogP contribution in [0.5, 0.6) is 0 Å². The van der Waals surface area contributed by atoms with Crippen molar-refractivity contribution in [1.82, 2.24) is 14.8 Å². The van der Waals surface area contributed by atoms with E-state index >= 15 is 0 Å². The topological polar surface area (TPSA) is 105 Å². The third-order valence-electron chi connectivity index (χ3n) is 2.96. The zero-order valence-electron chi connectivity index (χ0n) is 11.0.